The van der Waals surface area contributed by atoms with Crippen LogP contribution in [-0.2, 0) is 9.59 Å². The average molecular weight is 152 g/mol. The zero-order valence-corrected chi connectivity index (χ0v) is 6.51. The van der Waals surface area contributed by atoms with Crippen molar-refractivity contribution in [3.8, 4) is 0 Å². The Kier molecular flexibility index (Phi) is 1.55. The quantitative estimate of drug-likeness (QED) is 0.491. The highest BCUT2D eigenvalue weighted by atomic mass is 16.2. The van der Waals surface area contributed by atoms with Crippen LogP contribution in [0.2, 0.25) is 0 Å². The van der Waals surface area contributed by atoms with Crippen LogP contribution in [0.4, 0.5) is 0 Å². The number of ketones is 2. The van der Waals surface area contributed by atoms with Crippen LogP contribution in [0.3, 0.4) is 0 Å². The zero-order chi connectivity index (χ0) is 7.84. The third kappa shape index (κ3) is 1.01. The van der Waals surface area contributed by atoms with Crippen molar-refractivity contribution < 1.29 is 9.59 Å². The highest BCUT2D eigenvalue weighted by molar-refractivity contribution is 6.04. The smallest absolute Gasteiger partial charge is 0.143 e. The van der Waals surface area contributed by atoms with E-state index < -0.39 is 0 Å². The molecular formula is C9H12O2. The van der Waals surface area contributed by atoms with Gasteiger partial charge in [0.25, 0.3) is 0 Å². The van der Waals surface area contributed by atoms with Crippen molar-refractivity contribution in [1.82, 2.24) is 0 Å². The molecule has 2 nitrogen and oxygen atoms in total. The van der Waals surface area contributed by atoms with Crippen LogP contribution < -0.4 is 0 Å². The normalized spacial score (nSPS) is 37.5. The van der Waals surface area contributed by atoms with Crippen LogP contribution in [0, 0.1) is 11.8 Å². The van der Waals surface area contributed by atoms with E-state index >= 15 is 0 Å². The molecule has 0 spiro atoms. The van der Waals surface area contributed by atoms with Gasteiger partial charge in [-0.1, -0.05) is 0 Å². The summed E-state index contributed by atoms with van der Waals surface area (Å²) in [5, 5.41) is 0. The van der Waals surface area contributed by atoms with Crippen molar-refractivity contribution in [3.05, 3.63) is 0 Å². The lowest BCUT2D eigenvalue weighted by molar-refractivity contribution is -0.133. The maximum Gasteiger partial charge on any atom is 0.143 e. The van der Waals surface area contributed by atoms with E-state index in [2.05, 4.69) is 0 Å². The molecule has 0 heterocycles. The topological polar surface area (TPSA) is 34.1 Å². The molecule has 2 fully saturated rings. The fraction of sp³-hybridized carbons (Fsp3) is 0.778. The second-order valence-electron chi connectivity index (χ2n) is 3.60. The van der Waals surface area contributed by atoms with E-state index in [0.29, 0.717) is 18.8 Å². The molecule has 60 valence electrons. The average Bonchev–Trinajstić information content (AvgIpc) is 2.34. The first kappa shape index (κ1) is 7.01. The molecule has 0 aliphatic heterocycles. The van der Waals surface area contributed by atoms with E-state index in [1.165, 1.54) is 0 Å². The minimum atomic E-state index is -0.177. The second kappa shape index (κ2) is 2.43. The van der Waals surface area contributed by atoms with Gasteiger partial charge in [0.15, 0.2) is 0 Å². The van der Waals surface area contributed by atoms with E-state index in [1.807, 2.05) is 0 Å². The molecule has 2 unspecified atom stereocenters. The van der Waals surface area contributed by atoms with E-state index in [0.717, 1.165) is 19.3 Å². The molecule has 2 saturated carbocycles. The molecule has 0 aromatic carbocycles. The summed E-state index contributed by atoms with van der Waals surface area (Å²) in [7, 11) is 0. The molecule has 0 aromatic rings. The van der Waals surface area contributed by atoms with Gasteiger partial charge >= 0.3 is 0 Å². The van der Waals surface area contributed by atoms with Gasteiger partial charge in [0.1, 0.15) is 11.6 Å². The zero-order valence-electron chi connectivity index (χ0n) is 6.51. The standard InChI is InChI=1S/C9H12O2/c10-7-3-1-2-6-4-5-8(11)9(6)7/h6,9H,1-5H2. The van der Waals surface area contributed by atoms with Crippen LogP contribution in [-0.4, -0.2) is 11.6 Å². The number of hydrogen-bond donors (Lipinski definition) is 0. The Morgan fingerprint density at radius 1 is 1.00 bits per heavy atom. The van der Waals surface area contributed by atoms with Gasteiger partial charge in [-0.2, -0.15) is 0 Å². The van der Waals surface area contributed by atoms with Crippen molar-refractivity contribution in [2.75, 3.05) is 0 Å². The Morgan fingerprint density at radius 2 is 1.73 bits per heavy atom. The SMILES string of the molecule is O=C1CCCC2CCC(=O)C12. The Hall–Kier alpha value is -0.660. The Bertz CT molecular complexity index is 208. The van der Waals surface area contributed by atoms with Crippen LogP contribution in [0.25, 0.3) is 0 Å². The fourth-order valence-corrected chi connectivity index (χ4v) is 2.36. The predicted octanol–water partition coefficient (Wildman–Crippen LogP) is 1.33. The minimum Gasteiger partial charge on any atom is -0.299 e. The van der Waals surface area contributed by atoms with Gasteiger partial charge in [0.2, 0.25) is 0 Å². The first-order chi connectivity index (χ1) is 5.29. The number of hydrogen-bond acceptors (Lipinski definition) is 2. The first-order valence-corrected chi connectivity index (χ1v) is 4.34. The molecule has 0 N–H and O–H groups in total. The lowest BCUT2D eigenvalue weighted by Crippen LogP contribution is -2.28. The molecule has 0 saturated heterocycles. The van der Waals surface area contributed by atoms with Crippen LogP contribution in [0.1, 0.15) is 32.1 Å². The van der Waals surface area contributed by atoms with Gasteiger partial charge in [0, 0.05) is 12.8 Å². The number of fused-ring (bicyclic) bond motifs is 1. The maximum absolute atomic E-state index is 11.3. The largest absolute Gasteiger partial charge is 0.299 e. The summed E-state index contributed by atoms with van der Waals surface area (Å²) < 4.78 is 0. The van der Waals surface area contributed by atoms with Gasteiger partial charge in [0.05, 0.1) is 5.92 Å². The predicted molar refractivity (Wildman–Crippen MR) is 40.1 cm³/mol. The highest BCUT2D eigenvalue weighted by Crippen LogP contribution is 2.37. The van der Waals surface area contributed by atoms with Crippen molar-refractivity contribution in [3.63, 3.8) is 0 Å². The van der Waals surface area contributed by atoms with Crippen molar-refractivity contribution in [2.24, 2.45) is 11.8 Å². The van der Waals surface area contributed by atoms with Crippen LogP contribution in [0.5, 0.6) is 0 Å². The van der Waals surface area contributed by atoms with Crippen LogP contribution in [0.15, 0.2) is 0 Å². The molecule has 2 aliphatic carbocycles. The summed E-state index contributed by atoms with van der Waals surface area (Å²) in [4.78, 5) is 22.5. The highest BCUT2D eigenvalue weighted by Gasteiger charge is 2.41. The van der Waals surface area contributed by atoms with Gasteiger partial charge in [-0.15, -0.1) is 0 Å². The van der Waals surface area contributed by atoms with Gasteiger partial charge in [-0.3, -0.25) is 9.59 Å². The second-order valence-corrected chi connectivity index (χ2v) is 3.60. The Morgan fingerprint density at radius 3 is 2.45 bits per heavy atom. The summed E-state index contributed by atoms with van der Waals surface area (Å²) in [5.41, 5.74) is 0. The molecule has 0 bridgehead atoms. The van der Waals surface area contributed by atoms with E-state index in [1.54, 1.807) is 0 Å². The third-order valence-electron chi connectivity index (χ3n) is 2.92. The summed E-state index contributed by atoms with van der Waals surface area (Å²) in [6, 6.07) is 0. The molecule has 2 atom stereocenters. The van der Waals surface area contributed by atoms with Crippen LogP contribution >= 0.6 is 0 Å². The third-order valence-corrected chi connectivity index (χ3v) is 2.92. The number of carbonyl (C=O) groups excluding carboxylic acids is 2. The van der Waals surface area contributed by atoms with E-state index in [4.69, 9.17) is 0 Å². The van der Waals surface area contributed by atoms with Crippen molar-refractivity contribution in [1.29, 1.82) is 0 Å². The molecule has 11 heavy (non-hydrogen) atoms. The monoisotopic (exact) mass is 152 g/mol. The van der Waals surface area contributed by atoms with Crippen molar-refractivity contribution >= 4 is 11.6 Å². The molecule has 2 rings (SSSR count). The molecule has 0 aromatic heterocycles. The van der Waals surface area contributed by atoms with Gasteiger partial charge in [-0.25, -0.2) is 0 Å². The number of rotatable bonds is 0. The number of Topliss-reactive ketones (excluding diaryl/α,β-unsaturated/α-hetero) is 2. The van der Waals surface area contributed by atoms with Crippen molar-refractivity contribution in [2.45, 2.75) is 32.1 Å². The van der Waals surface area contributed by atoms with Gasteiger partial charge < -0.3 is 0 Å². The number of carbonyl (C=O) groups is 2. The first-order valence-electron chi connectivity index (χ1n) is 4.34. The molecule has 2 aliphatic rings. The maximum atomic E-state index is 11.3. The Balaban J connectivity index is 2.21. The van der Waals surface area contributed by atoms with E-state index in [-0.39, 0.29) is 17.5 Å². The summed E-state index contributed by atoms with van der Waals surface area (Å²) >= 11 is 0. The summed E-state index contributed by atoms with van der Waals surface area (Å²) in [6.45, 7) is 0. The fourth-order valence-electron chi connectivity index (χ4n) is 2.36. The summed E-state index contributed by atoms with van der Waals surface area (Å²) in [6.07, 6.45) is 4.37. The Labute approximate surface area is 66.0 Å². The van der Waals surface area contributed by atoms with E-state index in [9.17, 15) is 9.59 Å². The summed E-state index contributed by atoms with van der Waals surface area (Å²) in [5.74, 6) is 0.663. The van der Waals surface area contributed by atoms with Gasteiger partial charge in [-0.05, 0) is 25.2 Å². The lowest BCUT2D eigenvalue weighted by atomic mass is 9.80. The minimum absolute atomic E-state index is 0.177. The lowest BCUT2D eigenvalue weighted by Gasteiger charge is -2.21. The molecule has 0 radical (unpaired) electrons. The molecule has 0 amide bonds. The molecular weight excluding hydrogens is 140 g/mol. The molecule has 2 heteroatoms.